The average Bonchev–Trinajstić information content (AvgIpc) is 2.46. The first-order valence-electron chi connectivity index (χ1n) is 6.29. The zero-order chi connectivity index (χ0) is 15.4. The fraction of sp³-hybridized carbons (Fsp3) is 0.200. The van der Waals surface area contributed by atoms with Crippen LogP contribution in [0.2, 0.25) is 5.02 Å². The van der Waals surface area contributed by atoms with Crippen LogP contribution in [0.1, 0.15) is 17.2 Å². The van der Waals surface area contributed by atoms with Gasteiger partial charge in [0.15, 0.2) is 0 Å². The Morgan fingerprint density at radius 1 is 1.33 bits per heavy atom. The summed E-state index contributed by atoms with van der Waals surface area (Å²) in [5, 5.41) is 21.7. The van der Waals surface area contributed by atoms with E-state index in [1.165, 1.54) is 23.9 Å². The number of rotatable bonds is 5. The molecule has 2 aromatic rings. The quantitative estimate of drug-likeness (QED) is 0.504. The van der Waals surface area contributed by atoms with E-state index in [-0.39, 0.29) is 5.69 Å². The lowest BCUT2D eigenvalue weighted by Crippen LogP contribution is -2.04. The Morgan fingerprint density at radius 3 is 2.71 bits per heavy atom. The maximum Gasteiger partial charge on any atom is 0.269 e. The molecule has 4 nitrogen and oxygen atoms in total. The van der Waals surface area contributed by atoms with E-state index in [1.54, 1.807) is 12.1 Å². The van der Waals surface area contributed by atoms with Gasteiger partial charge in [-0.25, -0.2) is 0 Å². The molecule has 0 spiro atoms. The maximum atomic E-state index is 10.8. The van der Waals surface area contributed by atoms with E-state index >= 15 is 0 Å². The Labute approximate surface area is 131 Å². The van der Waals surface area contributed by atoms with Gasteiger partial charge in [-0.15, -0.1) is 11.8 Å². The molecule has 1 atom stereocenters. The number of aryl methyl sites for hydroxylation is 1. The molecule has 0 heterocycles. The molecule has 6 heteroatoms. The minimum absolute atomic E-state index is 0.0163. The lowest BCUT2D eigenvalue weighted by molar-refractivity contribution is -0.385. The number of nitro groups is 1. The lowest BCUT2D eigenvalue weighted by atomic mass is 10.0. The van der Waals surface area contributed by atoms with Crippen molar-refractivity contribution in [2.75, 3.05) is 5.75 Å². The van der Waals surface area contributed by atoms with Gasteiger partial charge in [-0.2, -0.15) is 0 Å². The highest BCUT2D eigenvalue weighted by atomic mass is 35.5. The number of aliphatic hydroxyl groups is 1. The van der Waals surface area contributed by atoms with Gasteiger partial charge in [0.05, 0.1) is 16.0 Å². The van der Waals surface area contributed by atoms with Crippen LogP contribution in [0.5, 0.6) is 0 Å². The van der Waals surface area contributed by atoms with E-state index in [2.05, 4.69) is 0 Å². The summed E-state index contributed by atoms with van der Waals surface area (Å²) < 4.78 is 0. The largest absolute Gasteiger partial charge is 0.388 e. The van der Waals surface area contributed by atoms with Gasteiger partial charge >= 0.3 is 0 Å². The second kappa shape index (κ2) is 6.93. The number of halogens is 1. The van der Waals surface area contributed by atoms with Crippen LogP contribution >= 0.6 is 23.4 Å². The number of benzene rings is 2. The van der Waals surface area contributed by atoms with Crippen LogP contribution in [0, 0.1) is 17.0 Å². The minimum Gasteiger partial charge on any atom is -0.388 e. The van der Waals surface area contributed by atoms with Gasteiger partial charge in [-0.05, 0) is 30.2 Å². The Morgan fingerprint density at radius 2 is 2.05 bits per heavy atom. The van der Waals surface area contributed by atoms with E-state index in [0.29, 0.717) is 16.3 Å². The van der Waals surface area contributed by atoms with Gasteiger partial charge in [0, 0.05) is 22.8 Å². The van der Waals surface area contributed by atoms with Crippen molar-refractivity contribution in [1.29, 1.82) is 0 Å². The molecule has 0 aliphatic rings. The van der Waals surface area contributed by atoms with Crippen molar-refractivity contribution < 1.29 is 10.0 Å². The second-order valence-electron chi connectivity index (χ2n) is 4.56. The van der Waals surface area contributed by atoms with Gasteiger partial charge < -0.3 is 5.11 Å². The first-order chi connectivity index (χ1) is 9.99. The summed E-state index contributed by atoms with van der Waals surface area (Å²) in [4.78, 5) is 11.2. The fourth-order valence-electron chi connectivity index (χ4n) is 1.92. The van der Waals surface area contributed by atoms with Gasteiger partial charge in [-0.1, -0.05) is 29.8 Å². The van der Waals surface area contributed by atoms with E-state index < -0.39 is 11.0 Å². The topological polar surface area (TPSA) is 63.4 Å². The van der Waals surface area contributed by atoms with Crippen LogP contribution in [-0.4, -0.2) is 15.8 Å². The highest BCUT2D eigenvalue weighted by Crippen LogP contribution is 2.32. The maximum absolute atomic E-state index is 10.8. The average molecular weight is 324 g/mol. The van der Waals surface area contributed by atoms with Crippen LogP contribution in [0.4, 0.5) is 5.69 Å². The van der Waals surface area contributed by atoms with Crippen molar-refractivity contribution in [3.63, 3.8) is 0 Å². The van der Waals surface area contributed by atoms with Crippen LogP contribution in [0.25, 0.3) is 0 Å². The number of thioether (sulfide) groups is 1. The Balaban J connectivity index is 2.13. The highest BCUT2D eigenvalue weighted by Gasteiger charge is 2.16. The van der Waals surface area contributed by atoms with Gasteiger partial charge in [0.2, 0.25) is 0 Å². The van der Waals surface area contributed by atoms with Crippen LogP contribution in [-0.2, 0) is 0 Å². The predicted molar refractivity (Wildman–Crippen MR) is 85.0 cm³/mol. The summed E-state index contributed by atoms with van der Waals surface area (Å²) in [7, 11) is 0. The third kappa shape index (κ3) is 3.97. The summed E-state index contributed by atoms with van der Waals surface area (Å²) in [6.07, 6.45) is -0.786. The summed E-state index contributed by atoms with van der Waals surface area (Å²) in [6.45, 7) is 1.82. The predicted octanol–water partition coefficient (Wildman–Crippen LogP) is 4.38. The summed E-state index contributed by atoms with van der Waals surface area (Å²) in [5.41, 5.74) is 1.38. The van der Waals surface area contributed by atoms with Crippen molar-refractivity contribution >= 4 is 29.1 Å². The monoisotopic (exact) mass is 323 g/mol. The van der Waals surface area contributed by atoms with E-state index in [9.17, 15) is 15.2 Å². The third-order valence-electron chi connectivity index (χ3n) is 3.07. The SMILES string of the molecule is Cc1ccc([N+](=O)[O-])cc1C(O)CSc1ccccc1Cl. The molecule has 2 aromatic carbocycles. The molecule has 0 saturated heterocycles. The van der Waals surface area contributed by atoms with Crippen molar-refractivity contribution in [3.05, 3.63) is 68.7 Å². The number of aliphatic hydroxyl groups excluding tert-OH is 1. The van der Waals surface area contributed by atoms with Crippen LogP contribution < -0.4 is 0 Å². The molecule has 2 rings (SSSR count). The number of non-ortho nitro benzene ring substituents is 1. The number of hydrogen-bond acceptors (Lipinski definition) is 4. The third-order valence-corrected chi connectivity index (χ3v) is 4.66. The molecule has 0 aliphatic heterocycles. The Bertz CT molecular complexity index is 663. The highest BCUT2D eigenvalue weighted by molar-refractivity contribution is 7.99. The molecular formula is C15H14ClNO3S. The Hall–Kier alpha value is -1.56. The number of nitro benzene ring substituents is 1. The molecule has 0 bridgehead atoms. The standard InChI is InChI=1S/C15H14ClNO3S/c1-10-6-7-11(17(19)20)8-12(10)14(18)9-21-15-5-3-2-4-13(15)16/h2-8,14,18H,9H2,1H3. The smallest absolute Gasteiger partial charge is 0.269 e. The molecule has 0 aliphatic carbocycles. The molecule has 0 radical (unpaired) electrons. The summed E-state index contributed by atoms with van der Waals surface area (Å²) >= 11 is 7.48. The van der Waals surface area contributed by atoms with Gasteiger partial charge in [0.25, 0.3) is 5.69 Å². The fourth-order valence-corrected chi connectivity index (χ4v) is 3.12. The number of nitrogens with zero attached hydrogens (tertiary/aromatic N) is 1. The van der Waals surface area contributed by atoms with Crippen LogP contribution in [0.3, 0.4) is 0 Å². The Kier molecular flexibility index (Phi) is 5.22. The molecule has 0 amide bonds. The molecule has 21 heavy (non-hydrogen) atoms. The van der Waals surface area contributed by atoms with Crippen molar-refractivity contribution in [2.45, 2.75) is 17.9 Å². The summed E-state index contributed by atoms with van der Waals surface area (Å²) in [5.74, 6) is 0.381. The van der Waals surface area contributed by atoms with E-state index in [4.69, 9.17) is 11.6 Å². The zero-order valence-corrected chi connectivity index (χ0v) is 12.9. The zero-order valence-electron chi connectivity index (χ0n) is 11.3. The molecule has 0 aromatic heterocycles. The van der Waals surface area contributed by atoms with Crippen molar-refractivity contribution in [3.8, 4) is 0 Å². The molecule has 110 valence electrons. The first kappa shape index (κ1) is 15.8. The van der Waals surface area contributed by atoms with Gasteiger partial charge in [-0.3, -0.25) is 10.1 Å². The molecule has 0 fully saturated rings. The molecule has 1 N–H and O–H groups in total. The van der Waals surface area contributed by atoms with Crippen molar-refractivity contribution in [1.82, 2.24) is 0 Å². The molecule has 1 unspecified atom stereocenters. The normalized spacial score (nSPS) is 12.1. The second-order valence-corrected chi connectivity index (χ2v) is 6.02. The minimum atomic E-state index is -0.786. The first-order valence-corrected chi connectivity index (χ1v) is 7.65. The van der Waals surface area contributed by atoms with E-state index in [1.807, 2.05) is 25.1 Å². The van der Waals surface area contributed by atoms with Crippen LogP contribution in [0.15, 0.2) is 47.4 Å². The molecule has 0 saturated carbocycles. The number of hydrogen-bond donors (Lipinski definition) is 1. The lowest BCUT2D eigenvalue weighted by Gasteiger charge is -2.13. The van der Waals surface area contributed by atoms with Gasteiger partial charge in [0.1, 0.15) is 0 Å². The summed E-state index contributed by atoms with van der Waals surface area (Å²) in [6, 6.07) is 11.9. The molecular weight excluding hydrogens is 310 g/mol. The van der Waals surface area contributed by atoms with Crippen molar-refractivity contribution in [2.24, 2.45) is 0 Å². The van der Waals surface area contributed by atoms with E-state index in [0.717, 1.165) is 10.5 Å².